The molecule has 0 aliphatic heterocycles. The van der Waals surface area contributed by atoms with Gasteiger partial charge in [0.1, 0.15) is 5.82 Å². The molecule has 0 atom stereocenters. The van der Waals surface area contributed by atoms with E-state index in [9.17, 15) is 4.79 Å². The normalized spacial score (nSPS) is 9.95. The molecule has 0 fully saturated rings. The lowest BCUT2D eigenvalue weighted by molar-refractivity contribution is 0.0602. The van der Waals surface area contributed by atoms with E-state index in [0.29, 0.717) is 17.9 Å². The van der Waals surface area contributed by atoms with Crippen molar-refractivity contribution >= 4 is 17.5 Å². The van der Waals surface area contributed by atoms with Crippen LogP contribution < -0.4 is 11.1 Å². The Labute approximate surface area is 110 Å². The zero-order chi connectivity index (χ0) is 13.7. The summed E-state index contributed by atoms with van der Waals surface area (Å²) < 4.78 is 4.65. The van der Waals surface area contributed by atoms with Crippen molar-refractivity contribution < 1.29 is 9.53 Å². The Morgan fingerprint density at radius 3 is 2.95 bits per heavy atom. The van der Waals surface area contributed by atoms with Crippen LogP contribution in [0.1, 0.15) is 15.9 Å². The van der Waals surface area contributed by atoms with E-state index in [4.69, 9.17) is 5.73 Å². The molecular formula is C13H14N4O2. The Bertz CT molecular complexity index is 572. The first kappa shape index (κ1) is 12.8. The predicted molar refractivity (Wildman–Crippen MR) is 71.6 cm³/mol. The standard InChI is InChI=1S/C13H14N4O2/c1-19-13(18)10-4-6-16-12(11(10)14)17-8-9-3-2-5-15-7-9/h2-7H,8,14H2,1H3,(H,16,17). The summed E-state index contributed by atoms with van der Waals surface area (Å²) in [4.78, 5) is 19.6. The fourth-order valence-electron chi connectivity index (χ4n) is 1.59. The molecule has 0 spiro atoms. The van der Waals surface area contributed by atoms with Gasteiger partial charge in [0.05, 0.1) is 18.4 Å². The number of rotatable bonds is 4. The monoisotopic (exact) mass is 258 g/mol. The first-order valence-corrected chi connectivity index (χ1v) is 5.68. The summed E-state index contributed by atoms with van der Waals surface area (Å²) in [7, 11) is 1.31. The van der Waals surface area contributed by atoms with Gasteiger partial charge in [0.25, 0.3) is 0 Å². The van der Waals surface area contributed by atoms with Crippen LogP contribution in [0.5, 0.6) is 0 Å². The molecule has 0 aromatic carbocycles. The van der Waals surface area contributed by atoms with Crippen LogP contribution in [0.3, 0.4) is 0 Å². The zero-order valence-corrected chi connectivity index (χ0v) is 10.5. The number of methoxy groups -OCH3 is 1. The van der Waals surface area contributed by atoms with Crippen molar-refractivity contribution in [2.45, 2.75) is 6.54 Å². The van der Waals surface area contributed by atoms with Gasteiger partial charge in [0.15, 0.2) is 0 Å². The number of esters is 1. The molecule has 6 nitrogen and oxygen atoms in total. The molecule has 3 N–H and O–H groups in total. The molecule has 0 saturated carbocycles. The molecule has 98 valence electrons. The zero-order valence-electron chi connectivity index (χ0n) is 10.5. The molecule has 19 heavy (non-hydrogen) atoms. The SMILES string of the molecule is COC(=O)c1ccnc(NCc2cccnc2)c1N. The minimum atomic E-state index is -0.482. The molecule has 0 radical (unpaired) electrons. The molecule has 0 aliphatic rings. The molecule has 0 bridgehead atoms. The number of carbonyl (C=O) groups is 1. The highest BCUT2D eigenvalue weighted by atomic mass is 16.5. The summed E-state index contributed by atoms with van der Waals surface area (Å²) in [5.74, 6) is -0.0314. The summed E-state index contributed by atoms with van der Waals surface area (Å²) in [6.45, 7) is 0.523. The lowest BCUT2D eigenvalue weighted by Crippen LogP contribution is -2.10. The Balaban J connectivity index is 2.15. The van der Waals surface area contributed by atoms with Crippen molar-refractivity contribution in [2.24, 2.45) is 0 Å². The van der Waals surface area contributed by atoms with Crippen molar-refractivity contribution in [2.75, 3.05) is 18.2 Å². The average Bonchev–Trinajstić information content (AvgIpc) is 2.46. The third-order valence-electron chi connectivity index (χ3n) is 2.58. The fourth-order valence-corrected chi connectivity index (χ4v) is 1.59. The van der Waals surface area contributed by atoms with E-state index in [2.05, 4.69) is 20.0 Å². The summed E-state index contributed by atoms with van der Waals surface area (Å²) in [6.07, 6.45) is 4.95. The van der Waals surface area contributed by atoms with Crippen molar-refractivity contribution in [3.8, 4) is 0 Å². The van der Waals surface area contributed by atoms with E-state index < -0.39 is 5.97 Å². The summed E-state index contributed by atoms with van der Waals surface area (Å²) >= 11 is 0. The number of nitrogens with zero attached hydrogens (tertiary/aromatic N) is 2. The molecule has 0 aliphatic carbocycles. The Kier molecular flexibility index (Phi) is 3.92. The summed E-state index contributed by atoms with van der Waals surface area (Å²) in [5, 5.41) is 3.06. The van der Waals surface area contributed by atoms with E-state index in [-0.39, 0.29) is 5.69 Å². The third-order valence-corrected chi connectivity index (χ3v) is 2.58. The number of nitrogens with two attached hydrogens (primary N) is 1. The van der Waals surface area contributed by atoms with Gasteiger partial charge >= 0.3 is 5.97 Å². The largest absolute Gasteiger partial charge is 0.465 e. The molecule has 0 saturated heterocycles. The van der Waals surface area contributed by atoms with Crippen LogP contribution in [-0.4, -0.2) is 23.0 Å². The van der Waals surface area contributed by atoms with Gasteiger partial charge in [-0.2, -0.15) is 0 Å². The number of hydrogen-bond donors (Lipinski definition) is 2. The Morgan fingerprint density at radius 2 is 2.26 bits per heavy atom. The molecule has 2 aromatic rings. The number of nitrogen functional groups attached to an aromatic ring is 1. The molecule has 2 heterocycles. The highest BCUT2D eigenvalue weighted by Crippen LogP contribution is 2.21. The van der Waals surface area contributed by atoms with E-state index in [1.807, 2.05) is 12.1 Å². The van der Waals surface area contributed by atoms with Gasteiger partial charge in [-0.1, -0.05) is 6.07 Å². The molecule has 0 unspecified atom stereocenters. The molecule has 6 heteroatoms. The maximum Gasteiger partial charge on any atom is 0.340 e. The number of ether oxygens (including phenoxy) is 1. The number of pyridine rings is 2. The highest BCUT2D eigenvalue weighted by Gasteiger charge is 2.13. The smallest absolute Gasteiger partial charge is 0.340 e. The number of anilines is 2. The lowest BCUT2D eigenvalue weighted by atomic mass is 10.2. The minimum absolute atomic E-state index is 0.276. The second kappa shape index (κ2) is 5.81. The van der Waals surface area contributed by atoms with E-state index in [0.717, 1.165) is 5.56 Å². The van der Waals surface area contributed by atoms with E-state index >= 15 is 0 Å². The van der Waals surface area contributed by atoms with E-state index in [1.165, 1.54) is 19.4 Å². The van der Waals surface area contributed by atoms with Crippen molar-refractivity contribution in [1.29, 1.82) is 0 Å². The number of nitrogens with one attached hydrogen (secondary N) is 1. The van der Waals surface area contributed by atoms with Crippen LogP contribution in [0.2, 0.25) is 0 Å². The van der Waals surface area contributed by atoms with E-state index in [1.54, 1.807) is 12.4 Å². The first-order chi connectivity index (χ1) is 9.22. The topological polar surface area (TPSA) is 90.1 Å². The van der Waals surface area contributed by atoms with Gasteiger partial charge in [-0.3, -0.25) is 4.98 Å². The minimum Gasteiger partial charge on any atom is -0.465 e. The van der Waals surface area contributed by atoms with Gasteiger partial charge in [0.2, 0.25) is 0 Å². The van der Waals surface area contributed by atoms with Gasteiger partial charge in [-0.05, 0) is 17.7 Å². The summed E-state index contributed by atoms with van der Waals surface area (Å²) in [5.41, 5.74) is 7.45. The van der Waals surface area contributed by atoms with Crippen LogP contribution in [0.4, 0.5) is 11.5 Å². The number of hydrogen-bond acceptors (Lipinski definition) is 6. The number of carbonyl (C=O) groups excluding carboxylic acids is 1. The lowest BCUT2D eigenvalue weighted by Gasteiger charge is -2.10. The first-order valence-electron chi connectivity index (χ1n) is 5.68. The predicted octanol–water partition coefficient (Wildman–Crippen LogP) is 1.46. The van der Waals surface area contributed by atoms with Crippen LogP contribution in [0.25, 0.3) is 0 Å². The molecule has 0 amide bonds. The fraction of sp³-hybridized carbons (Fsp3) is 0.154. The highest BCUT2D eigenvalue weighted by molar-refractivity contribution is 5.97. The van der Waals surface area contributed by atoms with Crippen LogP contribution >= 0.6 is 0 Å². The van der Waals surface area contributed by atoms with Crippen molar-refractivity contribution in [3.63, 3.8) is 0 Å². The molecule has 2 aromatic heterocycles. The number of aromatic nitrogens is 2. The van der Waals surface area contributed by atoms with Gasteiger partial charge in [0, 0.05) is 25.1 Å². The van der Waals surface area contributed by atoms with Crippen LogP contribution in [-0.2, 0) is 11.3 Å². The molecule has 2 rings (SSSR count). The maximum atomic E-state index is 11.5. The van der Waals surface area contributed by atoms with Crippen molar-refractivity contribution in [3.05, 3.63) is 47.9 Å². The van der Waals surface area contributed by atoms with Crippen molar-refractivity contribution in [1.82, 2.24) is 9.97 Å². The molecular weight excluding hydrogens is 244 g/mol. The van der Waals surface area contributed by atoms with Gasteiger partial charge in [-0.25, -0.2) is 9.78 Å². The third kappa shape index (κ3) is 2.98. The quantitative estimate of drug-likeness (QED) is 0.807. The second-order valence-corrected chi connectivity index (χ2v) is 3.83. The maximum absolute atomic E-state index is 11.5. The Hall–Kier alpha value is -2.63. The average molecular weight is 258 g/mol. The summed E-state index contributed by atoms with van der Waals surface area (Å²) in [6, 6.07) is 5.30. The van der Waals surface area contributed by atoms with Crippen LogP contribution in [0.15, 0.2) is 36.8 Å². The van der Waals surface area contributed by atoms with Gasteiger partial charge in [-0.15, -0.1) is 0 Å². The Morgan fingerprint density at radius 1 is 1.42 bits per heavy atom. The van der Waals surface area contributed by atoms with Crippen LogP contribution in [0, 0.1) is 0 Å². The second-order valence-electron chi connectivity index (χ2n) is 3.83. The van der Waals surface area contributed by atoms with Gasteiger partial charge < -0.3 is 15.8 Å².